The number of halogens is 3. The lowest BCUT2D eigenvalue weighted by Gasteiger charge is -2.17. The van der Waals surface area contributed by atoms with Gasteiger partial charge in [-0.2, -0.15) is 0 Å². The van der Waals surface area contributed by atoms with Crippen LogP contribution in [-0.2, 0) is 6.54 Å². The Morgan fingerprint density at radius 2 is 2.06 bits per heavy atom. The number of rotatable bonds is 3. The zero-order valence-corrected chi connectivity index (χ0v) is 11.1. The van der Waals surface area contributed by atoms with Crippen molar-refractivity contribution in [3.8, 4) is 0 Å². The highest BCUT2D eigenvalue weighted by atomic mass is 35.5. The van der Waals surface area contributed by atoms with Crippen molar-refractivity contribution >= 4 is 29.0 Å². The van der Waals surface area contributed by atoms with Crippen LogP contribution in [0.3, 0.4) is 0 Å². The van der Waals surface area contributed by atoms with Crippen LogP contribution in [0.5, 0.6) is 0 Å². The number of aromatic nitrogens is 2. The summed E-state index contributed by atoms with van der Waals surface area (Å²) in [6.45, 7) is 0.489. The summed E-state index contributed by atoms with van der Waals surface area (Å²) in [5.74, 6) is 0.192. The normalized spacial score (nSPS) is 10.4. The smallest absolute Gasteiger partial charge is 0.149 e. The van der Waals surface area contributed by atoms with Gasteiger partial charge in [0, 0.05) is 13.6 Å². The summed E-state index contributed by atoms with van der Waals surface area (Å²) in [7, 11) is 1.83. The van der Waals surface area contributed by atoms with Gasteiger partial charge >= 0.3 is 0 Å². The van der Waals surface area contributed by atoms with Gasteiger partial charge in [-0.3, -0.25) is 4.98 Å². The zero-order chi connectivity index (χ0) is 13.1. The number of benzene rings is 1. The summed E-state index contributed by atoms with van der Waals surface area (Å²) in [6, 6.07) is 4.69. The minimum atomic E-state index is -0.431. The van der Waals surface area contributed by atoms with E-state index in [1.807, 2.05) is 11.9 Å². The van der Waals surface area contributed by atoms with E-state index in [9.17, 15) is 4.39 Å². The monoisotopic (exact) mass is 285 g/mol. The van der Waals surface area contributed by atoms with Gasteiger partial charge in [-0.1, -0.05) is 29.3 Å². The first-order chi connectivity index (χ1) is 8.56. The van der Waals surface area contributed by atoms with E-state index >= 15 is 0 Å². The molecule has 0 spiro atoms. The van der Waals surface area contributed by atoms with Gasteiger partial charge < -0.3 is 4.90 Å². The number of nitrogens with zero attached hydrogens (tertiary/aromatic N) is 3. The van der Waals surface area contributed by atoms with Crippen molar-refractivity contribution in [2.45, 2.75) is 6.54 Å². The molecule has 0 radical (unpaired) electrons. The first kappa shape index (κ1) is 13.1. The average molecular weight is 286 g/mol. The Bertz CT molecular complexity index is 563. The molecule has 18 heavy (non-hydrogen) atoms. The predicted octanol–water partition coefficient (Wildman–Crippen LogP) is 3.56. The van der Waals surface area contributed by atoms with Crippen molar-refractivity contribution in [1.82, 2.24) is 9.97 Å². The van der Waals surface area contributed by atoms with Crippen molar-refractivity contribution in [3.05, 3.63) is 52.1 Å². The van der Waals surface area contributed by atoms with E-state index in [2.05, 4.69) is 9.97 Å². The van der Waals surface area contributed by atoms with Crippen molar-refractivity contribution in [3.63, 3.8) is 0 Å². The Kier molecular flexibility index (Phi) is 3.99. The third-order valence-corrected chi connectivity index (χ3v) is 2.88. The molecule has 1 aromatic heterocycles. The van der Waals surface area contributed by atoms with E-state index in [0.717, 1.165) is 5.56 Å². The van der Waals surface area contributed by atoms with E-state index in [1.54, 1.807) is 12.3 Å². The van der Waals surface area contributed by atoms with Crippen LogP contribution in [0, 0.1) is 5.82 Å². The molecule has 0 bridgehead atoms. The third kappa shape index (κ3) is 3.09. The van der Waals surface area contributed by atoms with Gasteiger partial charge in [0.1, 0.15) is 16.8 Å². The summed E-state index contributed by atoms with van der Waals surface area (Å²) < 4.78 is 13.3. The Labute approximate surface area is 114 Å². The number of hydrogen-bond donors (Lipinski definition) is 0. The van der Waals surface area contributed by atoms with E-state index in [0.29, 0.717) is 17.5 Å². The molecule has 2 aromatic rings. The van der Waals surface area contributed by atoms with Crippen LogP contribution >= 0.6 is 23.2 Å². The Morgan fingerprint density at radius 1 is 1.28 bits per heavy atom. The second kappa shape index (κ2) is 5.50. The number of hydrogen-bond acceptors (Lipinski definition) is 3. The molecular formula is C12H10Cl2FN3. The van der Waals surface area contributed by atoms with Crippen molar-refractivity contribution in [2.75, 3.05) is 11.9 Å². The number of anilines is 1. The van der Waals surface area contributed by atoms with Gasteiger partial charge in [-0.15, -0.1) is 0 Å². The molecule has 1 heterocycles. The lowest BCUT2D eigenvalue weighted by atomic mass is 10.2. The fourth-order valence-electron chi connectivity index (χ4n) is 1.51. The Hall–Kier alpha value is -1.39. The predicted molar refractivity (Wildman–Crippen MR) is 70.6 cm³/mol. The van der Waals surface area contributed by atoms with Crippen LogP contribution in [0.1, 0.15) is 5.56 Å². The van der Waals surface area contributed by atoms with Crippen molar-refractivity contribution in [1.29, 1.82) is 0 Å². The molecule has 0 aliphatic carbocycles. The van der Waals surface area contributed by atoms with Gasteiger partial charge in [-0.25, -0.2) is 9.37 Å². The molecule has 6 heteroatoms. The Morgan fingerprint density at radius 3 is 2.72 bits per heavy atom. The molecule has 0 N–H and O–H groups in total. The molecular weight excluding hydrogens is 276 g/mol. The largest absolute Gasteiger partial charge is 0.354 e. The second-order valence-electron chi connectivity index (χ2n) is 3.80. The highest BCUT2D eigenvalue weighted by molar-refractivity contribution is 6.30. The van der Waals surface area contributed by atoms with E-state index in [4.69, 9.17) is 23.2 Å². The maximum Gasteiger partial charge on any atom is 0.149 e. The first-order valence-electron chi connectivity index (χ1n) is 5.19. The van der Waals surface area contributed by atoms with Gasteiger partial charge in [-0.05, 0) is 17.7 Å². The molecule has 0 aliphatic rings. The fraction of sp³-hybridized carbons (Fsp3) is 0.167. The van der Waals surface area contributed by atoms with Crippen LogP contribution in [0.4, 0.5) is 10.2 Å². The standard InChI is InChI=1S/C12H10Cl2FN3/c1-18(12-6-16-5-11(14)17-12)7-8-2-3-9(13)10(15)4-8/h2-6H,7H2,1H3. The molecule has 0 atom stereocenters. The topological polar surface area (TPSA) is 29.0 Å². The van der Waals surface area contributed by atoms with Gasteiger partial charge in [0.05, 0.1) is 17.4 Å². The molecule has 0 fully saturated rings. The van der Waals surface area contributed by atoms with Crippen LogP contribution < -0.4 is 4.90 Å². The summed E-state index contributed by atoms with van der Waals surface area (Å²) in [5, 5.41) is 0.436. The average Bonchev–Trinajstić information content (AvgIpc) is 2.34. The summed E-state index contributed by atoms with van der Waals surface area (Å²) >= 11 is 11.4. The van der Waals surface area contributed by atoms with Crippen LogP contribution in [0.15, 0.2) is 30.6 Å². The van der Waals surface area contributed by atoms with Gasteiger partial charge in [0.2, 0.25) is 0 Å². The fourth-order valence-corrected chi connectivity index (χ4v) is 1.77. The van der Waals surface area contributed by atoms with Crippen LogP contribution in [0.2, 0.25) is 10.2 Å². The SMILES string of the molecule is CN(Cc1ccc(Cl)c(F)c1)c1cncc(Cl)n1. The Balaban J connectivity index is 2.16. The molecule has 0 amide bonds. The molecule has 94 valence electrons. The van der Waals surface area contributed by atoms with Crippen molar-refractivity contribution < 1.29 is 4.39 Å². The molecule has 3 nitrogen and oxygen atoms in total. The van der Waals surface area contributed by atoms with Crippen LogP contribution in [-0.4, -0.2) is 17.0 Å². The lowest BCUT2D eigenvalue weighted by Crippen LogP contribution is -2.18. The molecule has 0 unspecified atom stereocenters. The minimum Gasteiger partial charge on any atom is -0.354 e. The second-order valence-corrected chi connectivity index (χ2v) is 4.60. The lowest BCUT2D eigenvalue weighted by molar-refractivity contribution is 0.625. The summed E-state index contributed by atoms with van der Waals surface area (Å²) in [6.07, 6.45) is 3.05. The van der Waals surface area contributed by atoms with E-state index < -0.39 is 5.82 Å². The molecule has 1 aromatic carbocycles. The maximum absolute atomic E-state index is 13.3. The molecule has 0 saturated carbocycles. The molecule has 0 saturated heterocycles. The van der Waals surface area contributed by atoms with Gasteiger partial charge in [0.15, 0.2) is 0 Å². The quantitative estimate of drug-likeness (QED) is 0.864. The van der Waals surface area contributed by atoms with Gasteiger partial charge in [0.25, 0.3) is 0 Å². The van der Waals surface area contributed by atoms with Crippen molar-refractivity contribution in [2.24, 2.45) is 0 Å². The highest BCUT2D eigenvalue weighted by Crippen LogP contribution is 2.18. The van der Waals surface area contributed by atoms with E-state index in [-0.39, 0.29) is 5.02 Å². The summed E-state index contributed by atoms with van der Waals surface area (Å²) in [4.78, 5) is 9.89. The molecule has 2 rings (SSSR count). The first-order valence-corrected chi connectivity index (χ1v) is 5.94. The molecule has 0 aliphatic heterocycles. The summed E-state index contributed by atoms with van der Waals surface area (Å²) in [5.41, 5.74) is 0.793. The highest BCUT2D eigenvalue weighted by Gasteiger charge is 2.07. The minimum absolute atomic E-state index is 0.115. The maximum atomic E-state index is 13.3. The van der Waals surface area contributed by atoms with Crippen LogP contribution in [0.25, 0.3) is 0 Å². The van der Waals surface area contributed by atoms with E-state index in [1.165, 1.54) is 18.3 Å². The zero-order valence-electron chi connectivity index (χ0n) is 9.57. The third-order valence-electron chi connectivity index (χ3n) is 2.39.